The molecule has 0 heterocycles. The molecule has 1 unspecified atom stereocenters. The van der Waals surface area contributed by atoms with Gasteiger partial charge < -0.3 is 19.5 Å². The van der Waals surface area contributed by atoms with Crippen molar-refractivity contribution in [3.63, 3.8) is 0 Å². The Morgan fingerprint density at radius 2 is 2.14 bits per heavy atom. The van der Waals surface area contributed by atoms with Crippen LogP contribution in [0.15, 0.2) is 30.4 Å². The van der Waals surface area contributed by atoms with E-state index < -0.39 is 0 Å². The molecule has 1 N–H and O–H groups in total. The molecule has 0 fully saturated rings. The van der Waals surface area contributed by atoms with Crippen LogP contribution in [0.4, 0.5) is 0 Å². The van der Waals surface area contributed by atoms with Gasteiger partial charge in [0.15, 0.2) is 11.5 Å². The van der Waals surface area contributed by atoms with Crippen LogP contribution >= 0.6 is 0 Å². The molecule has 21 heavy (non-hydrogen) atoms. The van der Waals surface area contributed by atoms with E-state index >= 15 is 0 Å². The van der Waals surface area contributed by atoms with Crippen molar-refractivity contribution in [1.82, 2.24) is 5.32 Å². The first-order valence-electron chi connectivity index (χ1n) is 7.53. The van der Waals surface area contributed by atoms with Gasteiger partial charge >= 0.3 is 0 Å². The first-order chi connectivity index (χ1) is 10.3. The highest BCUT2D eigenvalue weighted by Crippen LogP contribution is 2.30. The van der Waals surface area contributed by atoms with Gasteiger partial charge in [-0.1, -0.05) is 12.1 Å². The monoisotopic (exact) mass is 291 g/mol. The zero-order valence-corrected chi connectivity index (χ0v) is 12.9. The molecule has 2 rings (SSSR count). The Morgan fingerprint density at radius 1 is 1.24 bits per heavy atom. The fraction of sp³-hybridized carbons (Fsp3) is 0.529. The summed E-state index contributed by atoms with van der Waals surface area (Å²) in [5, 5.41) is 3.32. The summed E-state index contributed by atoms with van der Waals surface area (Å²) >= 11 is 0. The Morgan fingerprint density at radius 3 is 2.86 bits per heavy atom. The summed E-state index contributed by atoms with van der Waals surface area (Å²) in [6.45, 7) is 2.35. The molecule has 1 atom stereocenters. The number of ether oxygens (including phenoxy) is 3. The highest BCUT2D eigenvalue weighted by molar-refractivity contribution is 5.43. The van der Waals surface area contributed by atoms with Crippen LogP contribution in [0.3, 0.4) is 0 Å². The fourth-order valence-corrected chi connectivity index (χ4v) is 2.37. The van der Waals surface area contributed by atoms with Gasteiger partial charge in [-0.25, -0.2) is 0 Å². The number of allylic oxidation sites excluding steroid dienone is 1. The summed E-state index contributed by atoms with van der Waals surface area (Å²) in [5.74, 6) is 1.61. The third-order valence-electron chi connectivity index (χ3n) is 3.53. The lowest BCUT2D eigenvalue weighted by molar-refractivity contribution is 0.199. The van der Waals surface area contributed by atoms with E-state index in [9.17, 15) is 0 Å². The summed E-state index contributed by atoms with van der Waals surface area (Å²) in [5.41, 5.74) is 1.18. The molecule has 0 saturated carbocycles. The number of nitrogens with one attached hydrogen (secondary N) is 1. The zero-order valence-electron chi connectivity index (χ0n) is 12.9. The van der Waals surface area contributed by atoms with Gasteiger partial charge in [0, 0.05) is 20.2 Å². The molecule has 1 aliphatic rings. The second kappa shape index (κ2) is 8.70. The van der Waals surface area contributed by atoms with Gasteiger partial charge in [0.05, 0.1) is 13.7 Å². The molecule has 0 saturated heterocycles. The van der Waals surface area contributed by atoms with E-state index in [0.29, 0.717) is 6.61 Å². The number of hydrogen-bond acceptors (Lipinski definition) is 4. The Kier molecular flexibility index (Phi) is 6.57. The van der Waals surface area contributed by atoms with E-state index in [0.717, 1.165) is 37.4 Å². The summed E-state index contributed by atoms with van der Waals surface area (Å²) in [7, 11) is 3.39. The van der Waals surface area contributed by atoms with Gasteiger partial charge in [0.25, 0.3) is 0 Å². The summed E-state index contributed by atoms with van der Waals surface area (Å²) in [6, 6.07) is 6.10. The van der Waals surface area contributed by atoms with E-state index in [1.807, 2.05) is 12.1 Å². The molecule has 0 aliphatic heterocycles. The van der Waals surface area contributed by atoms with Crippen LogP contribution in [0.5, 0.6) is 11.5 Å². The molecule has 1 aromatic carbocycles. The lowest BCUT2D eigenvalue weighted by Gasteiger charge is -2.20. The first-order valence-corrected chi connectivity index (χ1v) is 7.53. The van der Waals surface area contributed by atoms with E-state index in [1.165, 1.54) is 12.0 Å². The van der Waals surface area contributed by atoms with Crippen LogP contribution in [0.25, 0.3) is 0 Å². The third-order valence-corrected chi connectivity index (χ3v) is 3.53. The third kappa shape index (κ3) is 5.06. The standard InChI is InChI=1S/C17H25NO3/c1-19-11-10-18-13-14-8-9-16(17(12-14)20-2)21-15-6-4-3-5-7-15/h4,6,8-9,12,15,18H,3,5,7,10-11,13H2,1-2H3. The first kappa shape index (κ1) is 15.9. The van der Waals surface area contributed by atoms with Crippen LogP contribution in [0, 0.1) is 0 Å². The predicted octanol–water partition coefficient (Wildman–Crippen LogP) is 2.92. The molecule has 4 heteroatoms. The Balaban J connectivity index is 1.95. The quantitative estimate of drug-likeness (QED) is 0.590. The minimum atomic E-state index is 0.165. The topological polar surface area (TPSA) is 39.7 Å². The molecular weight excluding hydrogens is 266 g/mol. The largest absolute Gasteiger partial charge is 0.493 e. The van der Waals surface area contributed by atoms with Crippen molar-refractivity contribution in [2.45, 2.75) is 31.9 Å². The van der Waals surface area contributed by atoms with Crippen LogP contribution in [-0.2, 0) is 11.3 Å². The van der Waals surface area contributed by atoms with Crippen LogP contribution in [0.1, 0.15) is 24.8 Å². The van der Waals surface area contributed by atoms with Gasteiger partial charge in [-0.15, -0.1) is 0 Å². The second-order valence-corrected chi connectivity index (χ2v) is 5.17. The highest BCUT2D eigenvalue weighted by atomic mass is 16.5. The molecule has 0 radical (unpaired) electrons. The Hall–Kier alpha value is -1.52. The maximum Gasteiger partial charge on any atom is 0.162 e. The minimum Gasteiger partial charge on any atom is -0.493 e. The Bertz CT molecular complexity index is 459. The van der Waals surface area contributed by atoms with Crippen LogP contribution in [-0.4, -0.2) is 33.5 Å². The maximum atomic E-state index is 6.02. The van der Waals surface area contributed by atoms with Gasteiger partial charge in [-0.2, -0.15) is 0 Å². The lowest BCUT2D eigenvalue weighted by atomic mass is 10.1. The molecule has 4 nitrogen and oxygen atoms in total. The molecule has 0 amide bonds. The number of benzene rings is 1. The average Bonchev–Trinajstić information content (AvgIpc) is 2.53. The predicted molar refractivity (Wildman–Crippen MR) is 84.0 cm³/mol. The lowest BCUT2D eigenvalue weighted by Crippen LogP contribution is -2.19. The fourth-order valence-electron chi connectivity index (χ4n) is 2.37. The normalized spacial score (nSPS) is 17.7. The molecule has 0 bridgehead atoms. The smallest absolute Gasteiger partial charge is 0.162 e. The minimum absolute atomic E-state index is 0.165. The van der Waals surface area contributed by atoms with Gasteiger partial charge in [-0.05, 0) is 43.0 Å². The SMILES string of the molecule is COCCNCc1ccc(OC2C=CCCC2)c(OC)c1. The second-order valence-electron chi connectivity index (χ2n) is 5.17. The number of rotatable bonds is 8. The number of hydrogen-bond donors (Lipinski definition) is 1. The molecule has 1 aromatic rings. The number of methoxy groups -OCH3 is 2. The molecular formula is C17H25NO3. The molecule has 1 aliphatic carbocycles. The summed E-state index contributed by atoms with van der Waals surface area (Å²) in [6.07, 6.45) is 7.91. The van der Waals surface area contributed by atoms with Crippen molar-refractivity contribution in [3.8, 4) is 11.5 Å². The molecule has 0 aromatic heterocycles. The van der Waals surface area contributed by atoms with Crippen molar-refractivity contribution in [1.29, 1.82) is 0 Å². The van der Waals surface area contributed by atoms with Crippen LogP contribution < -0.4 is 14.8 Å². The summed E-state index contributed by atoms with van der Waals surface area (Å²) < 4.78 is 16.5. The van der Waals surface area contributed by atoms with Gasteiger partial charge in [0.1, 0.15) is 6.10 Å². The van der Waals surface area contributed by atoms with E-state index in [2.05, 4.69) is 23.5 Å². The van der Waals surface area contributed by atoms with Crippen molar-refractivity contribution >= 4 is 0 Å². The maximum absolute atomic E-state index is 6.02. The van der Waals surface area contributed by atoms with Crippen molar-refractivity contribution in [3.05, 3.63) is 35.9 Å². The van der Waals surface area contributed by atoms with Crippen molar-refractivity contribution in [2.24, 2.45) is 0 Å². The van der Waals surface area contributed by atoms with Crippen molar-refractivity contribution in [2.75, 3.05) is 27.4 Å². The highest BCUT2D eigenvalue weighted by Gasteiger charge is 2.13. The van der Waals surface area contributed by atoms with Gasteiger partial charge in [-0.3, -0.25) is 0 Å². The van der Waals surface area contributed by atoms with E-state index in [1.54, 1.807) is 14.2 Å². The zero-order chi connectivity index (χ0) is 14.9. The van der Waals surface area contributed by atoms with Crippen LogP contribution in [0.2, 0.25) is 0 Å². The Labute approximate surface area is 127 Å². The van der Waals surface area contributed by atoms with E-state index in [-0.39, 0.29) is 6.10 Å². The van der Waals surface area contributed by atoms with Gasteiger partial charge in [0.2, 0.25) is 0 Å². The average molecular weight is 291 g/mol. The van der Waals surface area contributed by atoms with Crippen molar-refractivity contribution < 1.29 is 14.2 Å². The summed E-state index contributed by atoms with van der Waals surface area (Å²) in [4.78, 5) is 0. The molecule has 0 spiro atoms. The van der Waals surface area contributed by atoms with E-state index in [4.69, 9.17) is 14.2 Å². The molecule has 116 valence electrons.